The average Bonchev–Trinajstić information content (AvgIpc) is 3.24. The van der Waals surface area contributed by atoms with E-state index in [0.29, 0.717) is 10.5 Å². The molecule has 2 N–H and O–H groups in total. The number of para-hydroxylation sites is 2. The molecule has 0 fully saturated rings. The van der Waals surface area contributed by atoms with Crippen molar-refractivity contribution in [2.75, 3.05) is 0 Å². The number of nitrogens with zero attached hydrogens (tertiary/aromatic N) is 2. The second-order valence-corrected chi connectivity index (χ2v) is 8.42. The fraction of sp³-hybridized carbons (Fsp3) is 0.192. The lowest BCUT2D eigenvalue weighted by atomic mass is 10.0. The third-order valence-electron chi connectivity index (χ3n) is 5.60. The zero-order valence-electron chi connectivity index (χ0n) is 18.8. The summed E-state index contributed by atoms with van der Waals surface area (Å²) >= 11 is 6.15. The number of hydrogen-bond acceptors (Lipinski definition) is 3. The molecule has 0 aliphatic rings. The summed E-state index contributed by atoms with van der Waals surface area (Å²) in [7, 11) is 0. The Hall–Kier alpha value is -3.78. The van der Waals surface area contributed by atoms with Crippen molar-refractivity contribution in [2.24, 2.45) is 0 Å². The van der Waals surface area contributed by atoms with Gasteiger partial charge in [-0.2, -0.15) is 8.78 Å². The third kappa shape index (κ3) is 5.49. The molecule has 0 saturated carbocycles. The smallest absolute Gasteiger partial charge is 0.320 e. The van der Waals surface area contributed by atoms with E-state index < -0.39 is 30.4 Å². The number of alkyl halides is 2. The topological polar surface area (TPSA) is 76.0 Å². The number of carbonyl (C=O) groups excluding carboxylic acids is 2. The van der Waals surface area contributed by atoms with Gasteiger partial charge in [0.15, 0.2) is 0 Å². The molecule has 6 nitrogen and oxygen atoms in total. The third-order valence-corrected chi connectivity index (χ3v) is 5.93. The van der Waals surface area contributed by atoms with Crippen LogP contribution in [0.25, 0.3) is 11.0 Å². The lowest BCUT2D eigenvalue weighted by molar-refractivity contribution is -0.122. The van der Waals surface area contributed by atoms with Crippen molar-refractivity contribution in [2.45, 2.75) is 32.0 Å². The Morgan fingerprint density at radius 3 is 2.31 bits per heavy atom. The highest BCUT2D eigenvalue weighted by Gasteiger charge is 2.25. The number of hydrogen-bond donors (Lipinski definition) is 2. The number of rotatable bonds is 8. The second-order valence-electron chi connectivity index (χ2n) is 8.02. The van der Waals surface area contributed by atoms with Crippen molar-refractivity contribution in [3.8, 4) is 0 Å². The maximum Gasteiger partial charge on any atom is 0.320 e. The van der Waals surface area contributed by atoms with Gasteiger partial charge in [-0.3, -0.25) is 14.2 Å². The molecule has 0 aliphatic carbocycles. The van der Waals surface area contributed by atoms with Crippen LogP contribution in [0.4, 0.5) is 8.78 Å². The highest BCUT2D eigenvalue weighted by molar-refractivity contribution is 6.33. The molecule has 0 saturated heterocycles. The summed E-state index contributed by atoms with van der Waals surface area (Å²) in [6.45, 7) is -1.22. The molecule has 2 amide bonds. The molecule has 35 heavy (non-hydrogen) atoms. The van der Waals surface area contributed by atoms with Gasteiger partial charge in [-0.25, -0.2) is 4.98 Å². The lowest BCUT2D eigenvalue weighted by Crippen LogP contribution is -2.35. The summed E-state index contributed by atoms with van der Waals surface area (Å²) in [5.41, 5.74) is 1.70. The van der Waals surface area contributed by atoms with Gasteiger partial charge >= 0.3 is 6.55 Å². The van der Waals surface area contributed by atoms with E-state index in [1.807, 2.05) is 6.07 Å². The largest absolute Gasteiger partial charge is 0.346 e. The first-order chi connectivity index (χ1) is 16.8. The summed E-state index contributed by atoms with van der Waals surface area (Å²) < 4.78 is 28.4. The maximum absolute atomic E-state index is 13.8. The Labute approximate surface area is 205 Å². The fourth-order valence-corrected chi connectivity index (χ4v) is 4.16. The van der Waals surface area contributed by atoms with E-state index in [1.165, 1.54) is 0 Å². The van der Waals surface area contributed by atoms with Gasteiger partial charge in [0.1, 0.15) is 5.82 Å². The van der Waals surface area contributed by atoms with E-state index >= 15 is 0 Å². The van der Waals surface area contributed by atoms with Crippen LogP contribution in [0.2, 0.25) is 5.02 Å². The van der Waals surface area contributed by atoms with E-state index in [-0.39, 0.29) is 23.3 Å². The molecule has 4 rings (SSSR count). The van der Waals surface area contributed by atoms with E-state index in [2.05, 4.69) is 15.6 Å². The Morgan fingerprint density at radius 1 is 0.943 bits per heavy atom. The zero-order chi connectivity index (χ0) is 24.9. The van der Waals surface area contributed by atoms with Crippen molar-refractivity contribution in [1.29, 1.82) is 0 Å². The quantitative estimate of drug-likeness (QED) is 0.322. The van der Waals surface area contributed by atoms with E-state index in [0.717, 1.165) is 10.1 Å². The molecule has 2 unspecified atom stereocenters. The van der Waals surface area contributed by atoms with Crippen LogP contribution < -0.4 is 10.6 Å². The molecule has 3 aromatic carbocycles. The number of benzene rings is 3. The van der Waals surface area contributed by atoms with Crippen LogP contribution in [0.5, 0.6) is 0 Å². The van der Waals surface area contributed by atoms with Crippen LogP contribution in [0.15, 0.2) is 78.9 Å². The van der Waals surface area contributed by atoms with E-state index in [9.17, 15) is 18.4 Å². The molecular weight excluding hydrogens is 474 g/mol. The van der Waals surface area contributed by atoms with Crippen LogP contribution >= 0.6 is 11.6 Å². The van der Waals surface area contributed by atoms with Crippen molar-refractivity contribution in [1.82, 2.24) is 20.2 Å². The van der Waals surface area contributed by atoms with Gasteiger partial charge in [0, 0.05) is 0 Å². The first-order valence-corrected chi connectivity index (χ1v) is 11.4. The van der Waals surface area contributed by atoms with Crippen molar-refractivity contribution < 1.29 is 18.4 Å². The highest BCUT2D eigenvalue weighted by atomic mass is 35.5. The van der Waals surface area contributed by atoms with Crippen LogP contribution in [-0.4, -0.2) is 21.4 Å². The summed E-state index contributed by atoms with van der Waals surface area (Å²) in [5, 5.41) is 5.90. The average molecular weight is 497 g/mol. The SMILES string of the molecule is CC(NC(=O)CC(NC(=O)c1ccccc1Cl)c1ccccc1)c1nc2ccccc2n1C(F)F. The molecule has 0 aliphatic heterocycles. The van der Waals surface area contributed by atoms with Gasteiger partial charge in [0.25, 0.3) is 5.91 Å². The molecule has 1 aromatic heterocycles. The standard InChI is InChI=1S/C26H23ClF2N4O2/c1-16(24-31-20-13-7-8-14-22(20)33(24)26(28)29)30-23(34)15-21(17-9-3-2-4-10-17)32-25(35)18-11-5-6-12-19(18)27/h2-14,16,21,26H,15H2,1H3,(H,30,34)(H,32,35). The highest BCUT2D eigenvalue weighted by Crippen LogP contribution is 2.27. The maximum atomic E-state index is 13.8. The second kappa shape index (κ2) is 10.7. The predicted molar refractivity (Wildman–Crippen MR) is 130 cm³/mol. The van der Waals surface area contributed by atoms with Gasteiger partial charge < -0.3 is 10.6 Å². The number of carbonyl (C=O) groups is 2. The Balaban J connectivity index is 1.54. The number of imidazole rings is 1. The molecule has 0 spiro atoms. The van der Waals surface area contributed by atoms with E-state index in [1.54, 1.807) is 79.7 Å². The summed E-state index contributed by atoms with van der Waals surface area (Å²) in [4.78, 5) is 30.2. The van der Waals surface area contributed by atoms with Crippen molar-refractivity contribution in [3.63, 3.8) is 0 Å². The van der Waals surface area contributed by atoms with Gasteiger partial charge in [-0.15, -0.1) is 0 Å². The summed E-state index contributed by atoms with van der Waals surface area (Å²) in [6, 6.07) is 20.7. The number of fused-ring (bicyclic) bond motifs is 1. The van der Waals surface area contributed by atoms with Gasteiger partial charge in [0.05, 0.1) is 40.1 Å². The Kier molecular flexibility index (Phi) is 7.41. The first-order valence-electron chi connectivity index (χ1n) is 11.0. The lowest BCUT2D eigenvalue weighted by Gasteiger charge is -2.21. The predicted octanol–water partition coefficient (Wildman–Crippen LogP) is 5.82. The fourth-order valence-electron chi connectivity index (χ4n) is 3.94. The summed E-state index contributed by atoms with van der Waals surface area (Å²) in [6.07, 6.45) is -0.112. The summed E-state index contributed by atoms with van der Waals surface area (Å²) in [5.74, 6) is -0.811. The monoisotopic (exact) mass is 496 g/mol. The molecule has 0 bridgehead atoms. The van der Waals surface area contributed by atoms with Crippen LogP contribution in [0.1, 0.15) is 53.7 Å². The first kappa shape index (κ1) is 24.3. The van der Waals surface area contributed by atoms with Crippen LogP contribution in [-0.2, 0) is 4.79 Å². The molecular formula is C26H23ClF2N4O2. The Morgan fingerprint density at radius 2 is 1.60 bits per heavy atom. The normalized spacial score (nSPS) is 12.9. The Bertz CT molecular complexity index is 1340. The number of amides is 2. The molecule has 4 aromatic rings. The molecule has 180 valence electrons. The number of aromatic nitrogens is 2. The molecule has 0 radical (unpaired) electrons. The van der Waals surface area contributed by atoms with Crippen molar-refractivity contribution >= 4 is 34.4 Å². The minimum atomic E-state index is -2.82. The minimum absolute atomic E-state index is 0.0471. The molecule has 1 heterocycles. The van der Waals surface area contributed by atoms with Crippen molar-refractivity contribution in [3.05, 3.63) is 101 Å². The van der Waals surface area contributed by atoms with E-state index in [4.69, 9.17) is 11.6 Å². The minimum Gasteiger partial charge on any atom is -0.346 e. The van der Waals surface area contributed by atoms with Crippen LogP contribution in [0.3, 0.4) is 0 Å². The van der Waals surface area contributed by atoms with Gasteiger partial charge in [0.2, 0.25) is 5.91 Å². The molecule has 2 atom stereocenters. The van der Waals surface area contributed by atoms with Gasteiger partial charge in [-0.05, 0) is 36.8 Å². The van der Waals surface area contributed by atoms with Crippen LogP contribution in [0, 0.1) is 0 Å². The number of nitrogens with one attached hydrogen (secondary N) is 2. The van der Waals surface area contributed by atoms with Gasteiger partial charge in [-0.1, -0.05) is 66.2 Å². The number of halogens is 3. The molecule has 9 heteroatoms. The zero-order valence-corrected chi connectivity index (χ0v) is 19.5.